The molecule has 3 aromatic rings. The lowest BCUT2D eigenvalue weighted by molar-refractivity contribution is -0.141. The number of hydrogen-bond acceptors (Lipinski definition) is 4. The number of hydrogen-bond donors (Lipinski definition) is 1. The lowest BCUT2D eigenvalue weighted by Gasteiger charge is -2.12. The van der Waals surface area contributed by atoms with Crippen LogP contribution >= 0.6 is 0 Å². The van der Waals surface area contributed by atoms with Gasteiger partial charge in [-0.2, -0.15) is 18.3 Å². The summed E-state index contributed by atoms with van der Waals surface area (Å²) in [6.07, 6.45) is -2.17. The molecule has 0 unspecified atom stereocenters. The second-order valence-corrected chi connectivity index (χ2v) is 6.11. The zero-order valence-corrected chi connectivity index (χ0v) is 15.6. The van der Waals surface area contributed by atoms with Crippen LogP contribution < -0.4 is 5.32 Å². The number of nitrogens with one attached hydrogen (secondary N) is 1. The minimum Gasteiger partial charge on any atom is -0.399 e. The highest BCUT2D eigenvalue weighted by Gasteiger charge is 2.39. The molecule has 9 heteroatoms. The quantitative estimate of drug-likeness (QED) is 0.510. The molecule has 0 spiro atoms. The van der Waals surface area contributed by atoms with Crippen molar-refractivity contribution in [2.75, 3.05) is 12.4 Å². The molecule has 1 N–H and O–H groups in total. The summed E-state index contributed by atoms with van der Waals surface area (Å²) >= 11 is 0. The first kappa shape index (κ1) is 20.1. The molecular formula is C20H17F3N4O2. The molecule has 0 saturated carbocycles. The number of para-hydroxylation sites is 1. The average Bonchev–Trinajstić information content (AvgIpc) is 3.09. The third-order valence-corrected chi connectivity index (χ3v) is 4.02. The smallest absolute Gasteiger partial charge is 0.399 e. The minimum atomic E-state index is -4.73. The molecular weight excluding hydrogens is 385 g/mol. The maximum absolute atomic E-state index is 13.2. The van der Waals surface area contributed by atoms with Gasteiger partial charge in [0.1, 0.15) is 7.11 Å². The van der Waals surface area contributed by atoms with E-state index in [4.69, 9.17) is 0 Å². The monoisotopic (exact) mass is 402 g/mol. The van der Waals surface area contributed by atoms with Crippen LogP contribution in [0, 0.1) is 0 Å². The van der Waals surface area contributed by atoms with Crippen molar-refractivity contribution in [2.24, 2.45) is 12.2 Å². The van der Waals surface area contributed by atoms with E-state index in [9.17, 15) is 18.0 Å². The van der Waals surface area contributed by atoms with Gasteiger partial charge in [0.15, 0.2) is 5.69 Å². The van der Waals surface area contributed by atoms with E-state index in [1.54, 1.807) is 30.3 Å². The third kappa shape index (κ3) is 4.63. The van der Waals surface area contributed by atoms with Crippen LogP contribution in [0.2, 0.25) is 0 Å². The van der Waals surface area contributed by atoms with Gasteiger partial charge in [-0.15, -0.1) is 0 Å². The highest BCUT2D eigenvalue weighted by Crippen LogP contribution is 2.32. The Kier molecular flexibility index (Phi) is 5.67. The number of amides is 1. The number of aryl methyl sites for hydroxylation is 1. The van der Waals surface area contributed by atoms with Gasteiger partial charge >= 0.3 is 6.18 Å². The molecule has 0 aliphatic carbocycles. The predicted octanol–water partition coefficient (Wildman–Crippen LogP) is 4.34. The van der Waals surface area contributed by atoms with Crippen LogP contribution in [0.1, 0.15) is 21.6 Å². The topological polar surface area (TPSA) is 68.5 Å². The van der Waals surface area contributed by atoms with Gasteiger partial charge in [-0.1, -0.05) is 41.6 Å². The van der Waals surface area contributed by atoms with Crippen LogP contribution in [0.25, 0.3) is 11.1 Å². The molecule has 29 heavy (non-hydrogen) atoms. The van der Waals surface area contributed by atoms with Crippen molar-refractivity contribution in [1.82, 2.24) is 9.78 Å². The first-order valence-corrected chi connectivity index (χ1v) is 8.48. The first-order valence-electron chi connectivity index (χ1n) is 8.48. The first-order chi connectivity index (χ1) is 13.8. The maximum atomic E-state index is 13.2. The summed E-state index contributed by atoms with van der Waals surface area (Å²) < 4.78 is 40.5. The van der Waals surface area contributed by atoms with E-state index in [2.05, 4.69) is 20.4 Å². The molecule has 0 aliphatic rings. The molecule has 0 radical (unpaired) electrons. The van der Waals surface area contributed by atoms with Gasteiger partial charge in [-0.3, -0.25) is 9.48 Å². The number of halogens is 3. The normalized spacial score (nSPS) is 11.6. The minimum absolute atomic E-state index is 0.371. The van der Waals surface area contributed by atoms with Crippen molar-refractivity contribution in [3.63, 3.8) is 0 Å². The molecule has 1 amide bonds. The highest BCUT2D eigenvalue weighted by molar-refractivity contribution is 6.07. The Morgan fingerprint density at radius 3 is 2.69 bits per heavy atom. The lowest BCUT2D eigenvalue weighted by Crippen LogP contribution is -2.18. The summed E-state index contributed by atoms with van der Waals surface area (Å²) in [6, 6.07) is 14.1. The number of alkyl halides is 3. The van der Waals surface area contributed by atoms with Gasteiger partial charge in [0.25, 0.3) is 5.91 Å². The van der Waals surface area contributed by atoms with E-state index in [0.29, 0.717) is 11.3 Å². The van der Waals surface area contributed by atoms with Crippen molar-refractivity contribution in [1.29, 1.82) is 0 Å². The zero-order valence-electron chi connectivity index (χ0n) is 15.6. The van der Waals surface area contributed by atoms with E-state index in [1.165, 1.54) is 20.4 Å². The average molecular weight is 402 g/mol. The summed E-state index contributed by atoms with van der Waals surface area (Å²) in [5, 5.41) is 9.64. The van der Waals surface area contributed by atoms with Gasteiger partial charge in [-0.05, 0) is 23.3 Å². The van der Waals surface area contributed by atoms with E-state index in [-0.39, 0.29) is 0 Å². The number of carbonyl (C=O) groups is 1. The molecule has 3 rings (SSSR count). The van der Waals surface area contributed by atoms with Gasteiger partial charge in [0.05, 0.1) is 11.8 Å². The van der Waals surface area contributed by atoms with Gasteiger partial charge in [0.2, 0.25) is 0 Å². The van der Waals surface area contributed by atoms with Crippen molar-refractivity contribution in [2.45, 2.75) is 6.18 Å². The molecule has 1 heterocycles. The van der Waals surface area contributed by atoms with Crippen molar-refractivity contribution in [3.8, 4) is 11.1 Å². The Morgan fingerprint density at radius 1 is 1.21 bits per heavy atom. The number of rotatable bonds is 5. The lowest BCUT2D eigenvalue weighted by atomic mass is 10.0. The Morgan fingerprint density at radius 2 is 1.97 bits per heavy atom. The van der Waals surface area contributed by atoms with E-state index in [1.807, 2.05) is 18.2 Å². The standard InChI is InChI=1S/C20H17F3N4O2/c1-27-12-16(18(26-27)20(21,22)23)19(28)25-17-9-4-3-8-15(17)14-7-5-6-13(10-14)11-24-29-2/h3-12H,1-2H3,(H,25,28)/b24-11+. The molecule has 0 fully saturated rings. The van der Waals surface area contributed by atoms with E-state index in [0.717, 1.165) is 22.0 Å². The fourth-order valence-electron chi connectivity index (χ4n) is 2.80. The Balaban J connectivity index is 1.95. The van der Waals surface area contributed by atoms with Gasteiger partial charge in [-0.25, -0.2) is 0 Å². The van der Waals surface area contributed by atoms with Gasteiger partial charge < -0.3 is 10.2 Å². The molecule has 0 atom stereocenters. The van der Waals surface area contributed by atoms with Crippen molar-refractivity contribution >= 4 is 17.8 Å². The second-order valence-electron chi connectivity index (χ2n) is 6.11. The third-order valence-electron chi connectivity index (χ3n) is 4.02. The Bertz CT molecular complexity index is 1060. The predicted molar refractivity (Wildman–Crippen MR) is 103 cm³/mol. The van der Waals surface area contributed by atoms with E-state index < -0.39 is 23.3 Å². The maximum Gasteiger partial charge on any atom is 0.435 e. The fourth-order valence-corrected chi connectivity index (χ4v) is 2.80. The number of nitrogens with zero attached hydrogens (tertiary/aromatic N) is 3. The molecule has 1 aromatic heterocycles. The number of oxime groups is 1. The number of aromatic nitrogens is 2. The van der Waals surface area contributed by atoms with Crippen LogP contribution in [0.4, 0.5) is 18.9 Å². The molecule has 150 valence electrons. The van der Waals surface area contributed by atoms with Crippen LogP contribution in [-0.4, -0.2) is 29.0 Å². The highest BCUT2D eigenvalue weighted by atomic mass is 19.4. The number of carbonyl (C=O) groups excluding carboxylic acids is 1. The van der Waals surface area contributed by atoms with Crippen molar-refractivity contribution < 1.29 is 22.8 Å². The van der Waals surface area contributed by atoms with Crippen LogP contribution in [0.3, 0.4) is 0 Å². The number of anilines is 1. The number of benzene rings is 2. The summed E-state index contributed by atoms with van der Waals surface area (Å²) in [6.45, 7) is 0. The van der Waals surface area contributed by atoms with Crippen molar-refractivity contribution in [3.05, 3.63) is 71.5 Å². The van der Waals surface area contributed by atoms with Crippen LogP contribution in [0.15, 0.2) is 59.9 Å². The Labute approximate surface area is 164 Å². The summed E-state index contributed by atoms with van der Waals surface area (Å²) in [4.78, 5) is 17.3. The van der Waals surface area contributed by atoms with Crippen LogP contribution in [0.5, 0.6) is 0 Å². The van der Waals surface area contributed by atoms with Gasteiger partial charge in [0, 0.05) is 24.5 Å². The Hall–Kier alpha value is -3.62. The fraction of sp³-hybridized carbons (Fsp3) is 0.150. The van der Waals surface area contributed by atoms with Crippen LogP contribution in [-0.2, 0) is 18.1 Å². The molecule has 0 saturated heterocycles. The second kappa shape index (κ2) is 8.17. The summed E-state index contributed by atoms with van der Waals surface area (Å²) in [7, 11) is 2.76. The molecule has 2 aromatic carbocycles. The SMILES string of the molecule is CO/N=C/c1cccc(-c2ccccc2NC(=O)c2cn(C)nc2C(F)(F)F)c1. The van der Waals surface area contributed by atoms with E-state index >= 15 is 0 Å². The summed E-state index contributed by atoms with van der Waals surface area (Å²) in [5.74, 6) is -0.894. The molecule has 6 nitrogen and oxygen atoms in total. The summed E-state index contributed by atoms with van der Waals surface area (Å²) in [5.41, 5.74) is 0.755. The largest absolute Gasteiger partial charge is 0.435 e. The molecule has 0 aliphatic heterocycles. The zero-order chi connectivity index (χ0) is 21.0. The molecule has 0 bridgehead atoms.